The van der Waals surface area contributed by atoms with E-state index in [2.05, 4.69) is 16.9 Å². The van der Waals surface area contributed by atoms with Crippen molar-refractivity contribution in [3.63, 3.8) is 0 Å². The molecule has 2 amide bonds. The lowest BCUT2D eigenvalue weighted by atomic mass is 10.2. The number of nitrogens with one attached hydrogen (secondary N) is 1. The van der Waals surface area contributed by atoms with Gasteiger partial charge in [0.25, 0.3) is 5.56 Å². The lowest BCUT2D eigenvalue weighted by Gasteiger charge is -2.10. The molecule has 0 aliphatic heterocycles. The standard InChI is InChI=1S/C24H20N4O3S2/c1-2-12-28-23(31)21-18(13-19(33-21)15-6-4-3-5-7-15)27-24(28)32-14-20(29)26-17-10-8-16(9-11-17)22(25)30/h2-11,13H,1,12,14H2,(H2,25,30)(H,26,29). The molecule has 0 fully saturated rings. The number of carbonyl (C=O) groups is 2. The molecule has 0 unspecified atom stereocenters. The summed E-state index contributed by atoms with van der Waals surface area (Å²) in [7, 11) is 0. The normalized spacial score (nSPS) is 10.8. The van der Waals surface area contributed by atoms with Crippen molar-refractivity contribution in [2.75, 3.05) is 11.1 Å². The van der Waals surface area contributed by atoms with Gasteiger partial charge in [0.15, 0.2) is 5.16 Å². The number of anilines is 1. The summed E-state index contributed by atoms with van der Waals surface area (Å²) in [5.74, 6) is -0.738. The first kappa shape index (κ1) is 22.5. The van der Waals surface area contributed by atoms with Crippen molar-refractivity contribution in [1.82, 2.24) is 9.55 Å². The van der Waals surface area contributed by atoms with Crippen LogP contribution in [0.25, 0.3) is 20.7 Å². The van der Waals surface area contributed by atoms with Crippen LogP contribution < -0.4 is 16.6 Å². The summed E-state index contributed by atoms with van der Waals surface area (Å²) in [4.78, 5) is 42.4. The predicted octanol–water partition coefficient (Wildman–Crippen LogP) is 4.14. The van der Waals surface area contributed by atoms with Gasteiger partial charge in [-0.3, -0.25) is 19.0 Å². The van der Waals surface area contributed by atoms with Gasteiger partial charge in [-0.05, 0) is 35.9 Å². The summed E-state index contributed by atoms with van der Waals surface area (Å²) in [6, 6.07) is 18.0. The van der Waals surface area contributed by atoms with Crippen molar-refractivity contribution in [1.29, 1.82) is 0 Å². The molecule has 0 aliphatic rings. The van der Waals surface area contributed by atoms with Gasteiger partial charge in [0.2, 0.25) is 11.8 Å². The van der Waals surface area contributed by atoms with Gasteiger partial charge >= 0.3 is 0 Å². The molecule has 0 spiro atoms. The number of hydrogen-bond donors (Lipinski definition) is 2. The molecule has 0 atom stereocenters. The zero-order chi connectivity index (χ0) is 23.4. The summed E-state index contributed by atoms with van der Waals surface area (Å²) < 4.78 is 2.10. The minimum atomic E-state index is -0.533. The van der Waals surface area contributed by atoms with Crippen molar-refractivity contribution in [3.8, 4) is 10.4 Å². The number of rotatable bonds is 8. The lowest BCUT2D eigenvalue weighted by Crippen LogP contribution is -2.23. The number of thioether (sulfide) groups is 1. The molecule has 4 rings (SSSR count). The lowest BCUT2D eigenvalue weighted by molar-refractivity contribution is -0.113. The van der Waals surface area contributed by atoms with Crippen molar-refractivity contribution in [3.05, 3.63) is 89.2 Å². The SMILES string of the molecule is C=CCn1c(SCC(=O)Nc2ccc(C(N)=O)cc2)nc2cc(-c3ccccc3)sc2c1=O. The molecule has 3 N–H and O–H groups in total. The highest BCUT2D eigenvalue weighted by Gasteiger charge is 2.16. The Labute approximate surface area is 198 Å². The van der Waals surface area contributed by atoms with E-state index in [9.17, 15) is 14.4 Å². The zero-order valence-corrected chi connectivity index (χ0v) is 19.1. The van der Waals surface area contributed by atoms with Gasteiger partial charge in [-0.25, -0.2) is 4.98 Å². The average molecular weight is 477 g/mol. The molecule has 2 heterocycles. The highest BCUT2D eigenvalue weighted by molar-refractivity contribution is 7.99. The maximum Gasteiger partial charge on any atom is 0.272 e. The summed E-state index contributed by atoms with van der Waals surface area (Å²) in [6.07, 6.45) is 1.63. The van der Waals surface area contributed by atoms with Crippen LogP contribution in [0.4, 0.5) is 5.69 Å². The quantitative estimate of drug-likeness (QED) is 0.226. The van der Waals surface area contributed by atoms with Gasteiger partial charge in [0, 0.05) is 22.7 Å². The number of amides is 2. The molecule has 0 bridgehead atoms. The number of nitrogens with zero attached hydrogens (tertiary/aromatic N) is 2. The maximum atomic E-state index is 13.1. The number of aromatic nitrogens is 2. The number of allylic oxidation sites excluding steroid dienone is 1. The van der Waals surface area contributed by atoms with Crippen LogP contribution in [-0.2, 0) is 11.3 Å². The molecule has 7 nitrogen and oxygen atoms in total. The minimum absolute atomic E-state index is 0.0579. The Balaban J connectivity index is 1.56. The van der Waals surface area contributed by atoms with Crippen LogP contribution in [0.15, 0.2) is 83.3 Å². The maximum absolute atomic E-state index is 13.1. The molecular weight excluding hydrogens is 456 g/mol. The predicted molar refractivity (Wildman–Crippen MR) is 134 cm³/mol. The van der Waals surface area contributed by atoms with Gasteiger partial charge in [0.1, 0.15) is 4.70 Å². The Morgan fingerprint density at radius 3 is 2.55 bits per heavy atom. The Kier molecular flexibility index (Phi) is 6.71. The molecule has 9 heteroatoms. The molecular formula is C24H20N4O3S2. The molecule has 33 heavy (non-hydrogen) atoms. The van der Waals surface area contributed by atoms with Gasteiger partial charge in [-0.2, -0.15) is 0 Å². The number of fused-ring (bicyclic) bond motifs is 1. The third-order valence-electron chi connectivity index (χ3n) is 4.75. The summed E-state index contributed by atoms with van der Waals surface area (Å²) in [5.41, 5.74) is 7.61. The van der Waals surface area contributed by atoms with Gasteiger partial charge in [0.05, 0.1) is 11.3 Å². The molecule has 166 valence electrons. The smallest absolute Gasteiger partial charge is 0.272 e. The Morgan fingerprint density at radius 1 is 1.15 bits per heavy atom. The molecule has 2 aromatic heterocycles. The van der Waals surface area contributed by atoms with E-state index in [1.165, 1.54) is 27.7 Å². The minimum Gasteiger partial charge on any atom is -0.366 e. The van der Waals surface area contributed by atoms with Crippen LogP contribution in [0.2, 0.25) is 0 Å². The Hall–Kier alpha value is -3.69. The summed E-state index contributed by atoms with van der Waals surface area (Å²) in [5, 5.41) is 3.21. The van der Waals surface area contributed by atoms with Gasteiger partial charge in [-0.15, -0.1) is 17.9 Å². The van der Waals surface area contributed by atoms with E-state index >= 15 is 0 Å². The topological polar surface area (TPSA) is 107 Å². The van der Waals surface area contributed by atoms with Crippen LogP contribution in [0.3, 0.4) is 0 Å². The number of primary amides is 1. The third-order valence-corrected chi connectivity index (χ3v) is 6.89. The van der Waals surface area contributed by atoms with E-state index < -0.39 is 5.91 Å². The largest absolute Gasteiger partial charge is 0.366 e. The average Bonchev–Trinajstić information content (AvgIpc) is 3.25. The Bertz CT molecular complexity index is 1390. The van der Waals surface area contributed by atoms with E-state index in [-0.39, 0.29) is 17.2 Å². The number of carbonyl (C=O) groups excluding carboxylic acids is 2. The second-order valence-electron chi connectivity index (χ2n) is 7.07. The first-order valence-electron chi connectivity index (χ1n) is 9.99. The molecule has 0 saturated carbocycles. The highest BCUT2D eigenvalue weighted by Crippen LogP contribution is 2.32. The monoisotopic (exact) mass is 476 g/mol. The number of thiophene rings is 1. The zero-order valence-electron chi connectivity index (χ0n) is 17.5. The van der Waals surface area contributed by atoms with Crippen molar-refractivity contribution < 1.29 is 9.59 Å². The first-order valence-corrected chi connectivity index (χ1v) is 11.8. The van der Waals surface area contributed by atoms with Crippen molar-refractivity contribution in [2.45, 2.75) is 11.7 Å². The number of nitrogens with two attached hydrogens (primary N) is 1. The fraction of sp³-hybridized carbons (Fsp3) is 0.0833. The summed E-state index contributed by atoms with van der Waals surface area (Å²) in [6.45, 7) is 4.03. The molecule has 0 aliphatic carbocycles. The van der Waals surface area contributed by atoms with E-state index in [4.69, 9.17) is 5.73 Å². The number of benzene rings is 2. The van der Waals surface area contributed by atoms with Crippen LogP contribution in [-0.4, -0.2) is 27.1 Å². The molecule has 4 aromatic rings. The fourth-order valence-corrected chi connectivity index (χ4v) is 5.04. The van der Waals surface area contributed by atoms with Gasteiger partial charge < -0.3 is 11.1 Å². The fourth-order valence-electron chi connectivity index (χ4n) is 3.18. The second-order valence-corrected chi connectivity index (χ2v) is 9.06. The van der Waals surface area contributed by atoms with Crippen LogP contribution in [0.1, 0.15) is 10.4 Å². The highest BCUT2D eigenvalue weighted by atomic mass is 32.2. The molecule has 0 radical (unpaired) electrons. The Morgan fingerprint density at radius 2 is 1.88 bits per heavy atom. The van der Waals surface area contributed by atoms with Gasteiger partial charge in [-0.1, -0.05) is 48.2 Å². The van der Waals surface area contributed by atoms with Crippen LogP contribution in [0, 0.1) is 0 Å². The van der Waals surface area contributed by atoms with E-state index in [1.807, 2.05) is 36.4 Å². The van der Waals surface area contributed by atoms with E-state index in [0.717, 1.165) is 10.4 Å². The van der Waals surface area contributed by atoms with Crippen molar-refractivity contribution in [2.24, 2.45) is 5.73 Å². The van der Waals surface area contributed by atoms with Crippen LogP contribution >= 0.6 is 23.1 Å². The number of hydrogen-bond acceptors (Lipinski definition) is 6. The van der Waals surface area contributed by atoms with Crippen molar-refractivity contribution >= 4 is 50.8 Å². The second kappa shape index (κ2) is 9.85. The first-order chi connectivity index (χ1) is 16.0. The van der Waals surface area contributed by atoms with Crippen LogP contribution in [0.5, 0.6) is 0 Å². The van der Waals surface area contributed by atoms with E-state index in [1.54, 1.807) is 30.3 Å². The molecule has 2 aromatic carbocycles. The van der Waals surface area contributed by atoms with E-state index in [0.29, 0.717) is 33.2 Å². The molecule has 0 saturated heterocycles. The summed E-state index contributed by atoms with van der Waals surface area (Å²) >= 11 is 2.58. The third kappa shape index (κ3) is 5.05.